The molecule has 18 heteroatoms. The van der Waals surface area contributed by atoms with E-state index in [-0.39, 0.29) is 30.5 Å². The van der Waals surface area contributed by atoms with Gasteiger partial charge in [0.1, 0.15) is 23.4 Å². The third-order valence-electron chi connectivity index (χ3n) is 13.8. The van der Waals surface area contributed by atoms with Crippen LogP contribution in [0.1, 0.15) is 58.4 Å². The Balaban J connectivity index is 0.00000300. The van der Waals surface area contributed by atoms with Gasteiger partial charge in [0, 0.05) is 103 Å². The number of aliphatic imine (C=N–C) groups is 1. The number of carbonyl (C=O) groups excluding carboxylic acids is 6. The molecule has 4 saturated heterocycles. The molecule has 0 aromatic heterocycles. The average Bonchev–Trinajstić information content (AvgIpc) is 3.62. The molecule has 0 saturated carbocycles. The summed E-state index contributed by atoms with van der Waals surface area (Å²) < 4.78 is 5.91. The monoisotopic (exact) mass is 915 g/mol. The van der Waals surface area contributed by atoms with E-state index < -0.39 is 29.7 Å². The van der Waals surface area contributed by atoms with Gasteiger partial charge in [-0.1, -0.05) is 18.2 Å². The van der Waals surface area contributed by atoms with Crippen molar-refractivity contribution in [2.24, 2.45) is 22.4 Å². The van der Waals surface area contributed by atoms with Crippen LogP contribution in [0, 0.1) is 5.92 Å². The van der Waals surface area contributed by atoms with Crippen molar-refractivity contribution in [1.82, 2.24) is 35.1 Å². The molecular weight excluding hydrogens is 855 g/mol. The number of carbonyl (C=O) groups is 6. The molecule has 6 heterocycles. The quantitative estimate of drug-likeness (QED) is 0.124. The molecule has 0 bridgehead atoms. The van der Waals surface area contributed by atoms with Crippen LogP contribution in [0.2, 0.25) is 0 Å². The number of benzene rings is 3. The van der Waals surface area contributed by atoms with E-state index in [1.165, 1.54) is 7.05 Å². The fourth-order valence-corrected chi connectivity index (χ4v) is 9.88. The second kappa shape index (κ2) is 21.3. The minimum atomic E-state index is -0.982. The van der Waals surface area contributed by atoms with Crippen LogP contribution in [0.25, 0.3) is 5.70 Å². The van der Waals surface area contributed by atoms with Crippen LogP contribution in [0.15, 0.2) is 83.4 Å². The highest BCUT2D eigenvalue weighted by molar-refractivity contribution is 6.24. The first-order valence-electron chi connectivity index (χ1n) is 23.4. The summed E-state index contributed by atoms with van der Waals surface area (Å²) in [6.07, 6.45) is 3.58. The van der Waals surface area contributed by atoms with Gasteiger partial charge in [-0.05, 0) is 98.8 Å². The molecule has 3 aromatic carbocycles. The molecule has 0 radical (unpaired) electrons. The highest BCUT2D eigenvalue weighted by Gasteiger charge is 2.45. The molecule has 6 amide bonds. The Morgan fingerprint density at radius 1 is 0.746 bits per heavy atom. The molecule has 67 heavy (non-hydrogen) atoms. The summed E-state index contributed by atoms with van der Waals surface area (Å²) in [5.41, 5.74) is 13.9. The van der Waals surface area contributed by atoms with Crippen molar-refractivity contribution in [3.8, 4) is 11.5 Å². The Hall–Kier alpha value is -6.63. The van der Waals surface area contributed by atoms with E-state index in [0.717, 1.165) is 94.2 Å². The van der Waals surface area contributed by atoms with Gasteiger partial charge in [-0.3, -0.25) is 49.0 Å². The van der Waals surface area contributed by atoms with Gasteiger partial charge in [0.15, 0.2) is 6.29 Å². The summed E-state index contributed by atoms with van der Waals surface area (Å²) in [4.78, 5) is 93.3. The number of anilines is 1. The van der Waals surface area contributed by atoms with E-state index >= 15 is 0 Å². The number of ether oxygens (including phenoxy) is 1. The Kier molecular flexibility index (Phi) is 14.9. The number of piperazine rings is 2. The Morgan fingerprint density at radius 2 is 1.37 bits per heavy atom. The number of nitrogens with one attached hydrogen (secondary N) is 2. The van der Waals surface area contributed by atoms with Crippen LogP contribution >= 0.6 is 0 Å². The van der Waals surface area contributed by atoms with Gasteiger partial charge in [0.2, 0.25) is 11.8 Å². The van der Waals surface area contributed by atoms with Gasteiger partial charge in [-0.25, -0.2) is 4.79 Å². The summed E-state index contributed by atoms with van der Waals surface area (Å²) in [6, 6.07) is 21.4. The molecule has 2 atom stereocenters. The molecule has 3 aromatic rings. The number of hydrogen-bond acceptors (Lipinski definition) is 14. The fraction of sp³-hybridized carbons (Fsp3) is 0.449. The molecule has 0 aliphatic carbocycles. The number of nitrogens with zero attached hydrogens (tertiary/aromatic N) is 7. The molecule has 18 nitrogen and oxygen atoms in total. The number of aldehydes is 1. The molecule has 9 rings (SSSR count). The zero-order chi connectivity index (χ0) is 47.0. The molecule has 6 aliphatic rings. The van der Waals surface area contributed by atoms with E-state index in [9.17, 15) is 28.8 Å². The lowest BCUT2D eigenvalue weighted by molar-refractivity contribution is -0.136. The van der Waals surface area contributed by atoms with Crippen molar-refractivity contribution < 1.29 is 33.5 Å². The van der Waals surface area contributed by atoms with Crippen molar-refractivity contribution >= 4 is 53.2 Å². The van der Waals surface area contributed by atoms with E-state index in [1.54, 1.807) is 12.1 Å². The normalized spacial score (nSPS) is 22.2. The molecule has 6 aliphatic heterocycles. The number of likely N-dealkylation sites (tertiary alicyclic amines) is 1. The van der Waals surface area contributed by atoms with Crippen LogP contribution in [0.4, 0.5) is 10.5 Å². The van der Waals surface area contributed by atoms with Crippen LogP contribution < -0.4 is 31.7 Å². The number of amides is 6. The van der Waals surface area contributed by atoms with Crippen LogP contribution in [0.3, 0.4) is 0 Å². The minimum absolute atomic E-state index is 0.0848. The van der Waals surface area contributed by atoms with Crippen molar-refractivity contribution in [2.45, 2.75) is 44.2 Å². The largest absolute Gasteiger partial charge is 0.457 e. The summed E-state index contributed by atoms with van der Waals surface area (Å²) in [5, 5.41) is 5.78. The first-order valence-corrected chi connectivity index (χ1v) is 23.4. The van der Waals surface area contributed by atoms with Gasteiger partial charge in [0.25, 0.3) is 11.8 Å². The predicted molar refractivity (Wildman–Crippen MR) is 254 cm³/mol. The first-order chi connectivity index (χ1) is 32.6. The number of rotatable bonds is 11. The van der Waals surface area contributed by atoms with Crippen molar-refractivity contribution in [1.29, 1.82) is 0 Å². The topological polar surface area (TPSA) is 220 Å². The zero-order valence-corrected chi connectivity index (χ0v) is 38.1. The highest BCUT2D eigenvalue weighted by atomic mass is 16.5. The van der Waals surface area contributed by atoms with Gasteiger partial charge in [-0.15, -0.1) is 0 Å². The standard InChI is InChI=1S/C48H56N10O7.CH5N/c49-43(33-6-9-36(10-7-33)65-35-4-2-1-3-5-35)39(31-59)44-50-17-14-40(51-44)32-15-18-56(19-16-32)48(64)57-28-24-54(25-29-57)21-20-53-22-26-55(27-23-53)34-8-11-37-38(30-34)47(63)58(46(37)62)41-12-13-42(60)52-45(41)61;1-2/h1-11,30-32,40-41H,12-29,49H2,(H,50,51)(H,52,60,61);2H2,1H3/b43-39-;. The maximum Gasteiger partial charge on any atom is 0.320 e. The van der Waals surface area contributed by atoms with E-state index in [4.69, 9.17) is 10.5 Å². The fourth-order valence-electron chi connectivity index (χ4n) is 9.88. The van der Waals surface area contributed by atoms with Gasteiger partial charge < -0.3 is 36.2 Å². The number of imide groups is 2. The molecule has 6 N–H and O–H groups in total. The average molecular weight is 916 g/mol. The number of urea groups is 1. The number of hydrogen-bond donors (Lipinski definition) is 4. The molecule has 2 unspecified atom stereocenters. The maximum absolute atomic E-state index is 13.7. The first kappa shape index (κ1) is 46.9. The lowest BCUT2D eigenvalue weighted by Crippen LogP contribution is -2.56. The van der Waals surface area contributed by atoms with E-state index in [0.29, 0.717) is 72.6 Å². The van der Waals surface area contributed by atoms with Crippen LogP contribution in [-0.4, -0.2) is 170 Å². The third-order valence-corrected chi connectivity index (χ3v) is 13.8. The summed E-state index contributed by atoms with van der Waals surface area (Å²) >= 11 is 0. The Labute approximate surface area is 390 Å². The summed E-state index contributed by atoms with van der Waals surface area (Å²) in [7, 11) is 1.50. The maximum atomic E-state index is 13.7. The lowest BCUT2D eigenvalue weighted by atomic mass is 9.86. The van der Waals surface area contributed by atoms with Crippen molar-refractivity contribution in [3.63, 3.8) is 0 Å². The number of nitrogens with two attached hydrogens (primary N) is 2. The molecule has 354 valence electrons. The van der Waals surface area contributed by atoms with E-state index in [1.807, 2.05) is 70.5 Å². The molecule has 4 fully saturated rings. The Morgan fingerprint density at radius 3 is 2.03 bits per heavy atom. The van der Waals surface area contributed by atoms with Gasteiger partial charge >= 0.3 is 6.03 Å². The number of fused-ring (bicyclic) bond motifs is 1. The number of para-hydroxylation sites is 1. The van der Waals surface area contributed by atoms with Crippen LogP contribution in [-0.2, 0) is 14.4 Å². The Bertz CT molecular complexity index is 2370. The molecule has 0 spiro atoms. The smallest absolute Gasteiger partial charge is 0.320 e. The number of amidine groups is 1. The predicted octanol–water partition coefficient (Wildman–Crippen LogP) is 2.36. The van der Waals surface area contributed by atoms with Crippen molar-refractivity contribution in [2.75, 3.05) is 97.0 Å². The zero-order valence-electron chi connectivity index (χ0n) is 38.1. The van der Waals surface area contributed by atoms with Gasteiger partial charge in [0.05, 0.1) is 22.4 Å². The summed E-state index contributed by atoms with van der Waals surface area (Å²) in [6.45, 7) is 10.1. The number of piperidine rings is 2. The second-order valence-electron chi connectivity index (χ2n) is 17.6. The van der Waals surface area contributed by atoms with Crippen LogP contribution in [0.5, 0.6) is 11.5 Å². The summed E-state index contributed by atoms with van der Waals surface area (Å²) in [5.74, 6) is 0.259. The third kappa shape index (κ3) is 10.5. The lowest BCUT2D eigenvalue weighted by Gasteiger charge is -2.42. The highest BCUT2D eigenvalue weighted by Crippen LogP contribution is 2.32. The van der Waals surface area contributed by atoms with Gasteiger partial charge in [-0.2, -0.15) is 0 Å². The second-order valence-corrected chi connectivity index (χ2v) is 17.6. The molecular formula is C49H61N11O7. The van der Waals surface area contributed by atoms with Crippen molar-refractivity contribution in [3.05, 3.63) is 95.1 Å². The minimum Gasteiger partial charge on any atom is -0.457 e. The van der Waals surface area contributed by atoms with E-state index in [2.05, 4.69) is 36.1 Å². The SMILES string of the molecule is CN.N/C(=C(/C=O)C1=NCCC(C2CCN(C(=O)N3CCN(CCN4CCN(c5ccc6c(c5)C(=O)N(C5CCC(=O)NC5=O)C6=O)CC4)CC3)CC2)N1)c1ccc(Oc2ccccc2)cc1.